The van der Waals surface area contributed by atoms with Crippen molar-refractivity contribution in [3.05, 3.63) is 53.6 Å². The summed E-state index contributed by atoms with van der Waals surface area (Å²) in [6, 6.07) is 11.8. The average molecular weight is 355 g/mol. The third kappa shape index (κ3) is 5.07. The number of methoxy groups -OCH3 is 2. The largest absolute Gasteiger partial charge is 0.497 e. The number of hydrogen-bond donors (Lipinski definition) is 2. The lowest BCUT2D eigenvalue weighted by molar-refractivity contribution is -0.115. The third-order valence-corrected chi connectivity index (χ3v) is 3.56. The second-order valence-corrected chi connectivity index (χ2v) is 5.29. The highest BCUT2D eigenvalue weighted by Gasteiger charge is 2.06. The number of hydrazone groups is 1. The van der Waals surface area contributed by atoms with E-state index in [2.05, 4.69) is 15.8 Å². The van der Waals surface area contributed by atoms with Crippen molar-refractivity contribution in [3.8, 4) is 11.5 Å². The van der Waals surface area contributed by atoms with Gasteiger partial charge >= 0.3 is 0 Å². The molecule has 0 heterocycles. The molecular formula is C19H21N3O4. The van der Waals surface area contributed by atoms with Crippen LogP contribution >= 0.6 is 0 Å². The van der Waals surface area contributed by atoms with Crippen LogP contribution in [-0.4, -0.2) is 32.2 Å². The minimum atomic E-state index is -0.359. The number of benzene rings is 2. The molecule has 0 atom stereocenters. The van der Waals surface area contributed by atoms with Gasteiger partial charge in [0.05, 0.1) is 20.4 Å². The van der Waals surface area contributed by atoms with Crippen LogP contribution in [0, 0.1) is 0 Å². The smallest absolute Gasteiger partial charge is 0.271 e. The quantitative estimate of drug-likeness (QED) is 0.590. The first-order valence-corrected chi connectivity index (χ1v) is 8.02. The van der Waals surface area contributed by atoms with Crippen LogP contribution < -0.4 is 20.2 Å². The molecule has 0 saturated heterocycles. The van der Waals surface area contributed by atoms with E-state index in [1.165, 1.54) is 6.21 Å². The van der Waals surface area contributed by atoms with Crippen molar-refractivity contribution in [3.63, 3.8) is 0 Å². The molecule has 7 nitrogen and oxygen atoms in total. The number of hydrogen-bond acceptors (Lipinski definition) is 5. The molecule has 0 aromatic heterocycles. The van der Waals surface area contributed by atoms with Gasteiger partial charge in [0.1, 0.15) is 11.5 Å². The summed E-state index contributed by atoms with van der Waals surface area (Å²) in [6.07, 6.45) is 1.89. The molecule has 2 amide bonds. The Morgan fingerprint density at radius 3 is 2.42 bits per heavy atom. The predicted molar refractivity (Wildman–Crippen MR) is 100.0 cm³/mol. The van der Waals surface area contributed by atoms with Crippen molar-refractivity contribution in [1.29, 1.82) is 0 Å². The first-order chi connectivity index (χ1) is 12.6. The number of carbonyl (C=O) groups excluding carboxylic acids is 2. The van der Waals surface area contributed by atoms with Gasteiger partial charge in [0, 0.05) is 29.3 Å². The summed E-state index contributed by atoms with van der Waals surface area (Å²) in [6.45, 7) is 1.77. The first kappa shape index (κ1) is 19.0. The van der Waals surface area contributed by atoms with Gasteiger partial charge in [0.25, 0.3) is 5.91 Å². The maximum absolute atomic E-state index is 12.1. The van der Waals surface area contributed by atoms with E-state index in [-0.39, 0.29) is 11.8 Å². The molecule has 0 aliphatic rings. The molecule has 0 radical (unpaired) electrons. The van der Waals surface area contributed by atoms with Crippen LogP contribution in [0.1, 0.15) is 29.3 Å². The Bertz CT molecular complexity index is 801. The fourth-order valence-corrected chi connectivity index (χ4v) is 2.10. The molecule has 0 fully saturated rings. The monoisotopic (exact) mass is 355 g/mol. The Hall–Kier alpha value is -3.35. The zero-order valence-electron chi connectivity index (χ0n) is 14.9. The van der Waals surface area contributed by atoms with Crippen LogP contribution in [0.4, 0.5) is 5.69 Å². The Kier molecular flexibility index (Phi) is 6.73. The molecular weight excluding hydrogens is 334 g/mol. The molecule has 0 unspecified atom stereocenters. The van der Waals surface area contributed by atoms with Gasteiger partial charge in [-0.25, -0.2) is 5.43 Å². The van der Waals surface area contributed by atoms with Crippen molar-refractivity contribution in [1.82, 2.24) is 5.43 Å². The molecule has 0 bridgehead atoms. The van der Waals surface area contributed by atoms with E-state index in [1.54, 1.807) is 63.6 Å². The van der Waals surface area contributed by atoms with Crippen molar-refractivity contribution < 1.29 is 19.1 Å². The zero-order valence-corrected chi connectivity index (χ0v) is 14.9. The molecule has 0 aliphatic heterocycles. The van der Waals surface area contributed by atoms with Gasteiger partial charge < -0.3 is 14.8 Å². The summed E-state index contributed by atoms with van der Waals surface area (Å²) in [4.78, 5) is 23.5. The molecule has 2 aromatic carbocycles. The summed E-state index contributed by atoms with van der Waals surface area (Å²) in [5.41, 5.74) is 4.22. The maximum atomic E-state index is 12.1. The molecule has 2 aromatic rings. The van der Waals surface area contributed by atoms with Crippen molar-refractivity contribution in [2.24, 2.45) is 5.10 Å². The molecule has 136 valence electrons. The number of amides is 2. The van der Waals surface area contributed by atoms with E-state index in [4.69, 9.17) is 9.47 Å². The van der Waals surface area contributed by atoms with Gasteiger partial charge in [-0.05, 0) is 36.4 Å². The summed E-state index contributed by atoms with van der Waals surface area (Å²) in [7, 11) is 3.12. The third-order valence-electron chi connectivity index (χ3n) is 3.56. The van der Waals surface area contributed by atoms with E-state index in [0.717, 1.165) is 0 Å². The van der Waals surface area contributed by atoms with Crippen LogP contribution in [-0.2, 0) is 4.79 Å². The van der Waals surface area contributed by atoms with Crippen LogP contribution in [0.2, 0.25) is 0 Å². The minimum absolute atomic E-state index is 0.0831. The van der Waals surface area contributed by atoms with Gasteiger partial charge in [0.15, 0.2) is 0 Å². The summed E-state index contributed by atoms with van der Waals surface area (Å²) < 4.78 is 10.4. The molecule has 7 heteroatoms. The zero-order chi connectivity index (χ0) is 18.9. The standard InChI is InChI=1S/C19H21N3O4/c1-4-18(23)21-15-8-5-13(6-9-15)19(24)22-20-12-14-7-10-16(25-2)11-17(14)26-3/h5-12H,4H2,1-3H3,(H,21,23)(H,22,24). The second-order valence-electron chi connectivity index (χ2n) is 5.29. The second kappa shape index (κ2) is 9.22. The van der Waals surface area contributed by atoms with Gasteiger partial charge in [0.2, 0.25) is 5.91 Å². The van der Waals surface area contributed by atoms with Crippen molar-refractivity contribution >= 4 is 23.7 Å². The molecule has 26 heavy (non-hydrogen) atoms. The Labute approximate surface area is 152 Å². The number of anilines is 1. The normalized spacial score (nSPS) is 10.4. The number of carbonyl (C=O) groups is 2. The average Bonchev–Trinajstić information content (AvgIpc) is 2.68. The van der Waals surface area contributed by atoms with Gasteiger partial charge in [-0.2, -0.15) is 5.10 Å². The summed E-state index contributed by atoms with van der Waals surface area (Å²) in [5.74, 6) is 0.805. The first-order valence-electron chi connectivity index (χ1n) is 8.02. The molecule has 0 spiro atoms. The highest BCUT2D eigenvalue weighted by molar-refractivity contribution is 5.96. The molecule has 0 saturated carbocycles. The van der Waals surface area contributed by atoms with Gasteiger partial charge in [-0.1, -0.05) is 6.92 Å². The number of nitrogens with zero attached hydrogens (tertiary/aromatic N) is 1. The number of nitrogens with one attached hydrogen (secondary N) is 2. The van der Waals surface area contributed by atoms with E-state index in [0.29, 0.717) is 34.7 Å². The lowest BCUT2D eigenvalue weighted by Gasteiger charge is -2.07. The molecule has 2 rings (SSSR count). The van der Waals surface area contributed by atoms with E-state index in [1.807, 2.05) is 0 Å². The fraction of sp³-hybridized carbons (Fsp3) is 0.211. The Morgan fingerprint density at radius 1 is 1.08 bits per heavy atom. The number of rotatable bonds is 7. The van der Waals surface area contributed by atoms with E-state index >= 15 is 0 Å². The summed E-state index contributed by atoms with van der Waals surface area (Å²) in [5, 5.41) is 6.67. The van der Waals surface area contributed by atoms with Crippen LogP contribution in [0.5, 0.6) is 11.5 Å². The Morgan fingerprint density at radius 2 is 1.81 bits per heavy atom. The lowest BCUT2D eigenvalue weighted by atomic mass is 10.2. The van der Waals surface area contributed by atoms with E-state index < -0.39 is 0 Å². The molecule has 0 aliphatic carbocycles. The highest BCUT2D eigenvalue weighted by Crippen LogP contribution is 2.23. The lowest BCUT2D eigenvalue weighted by Crippen LogP contribution is -2.17. The Balaban J connectivity index is 2.00. The fourth-order valence-electron chi connectivity index (χ4n) is 2.10. The predicted octanol–water partition coefficient (Wildman–Crippen LogP) is 2.82. The SMILES string of the molecule is CCC(=O)Nc1ccc(C(=O)NN=Cc2ccc(OC)cc2OC)cc1. The van der Waals surface area contributed by atoms with Gasteiger partial charge in [-0.3, -0.25) is 9.59 Å². The van der Waals surface area contributed by atoms with Crippen LogP contribution in [0.25, 0.3) is 0 Å². The van der Waals surface area contributed by atoms with Gasteiger partial charge in [-0.15, -0.1) is 0 Å². The van der Waals surface area contributed by atoms with Crippen molar-refractivity contribution in [2.75, 3.05) is 19.5 Å². The minimum Gasteiger partial charge on any atom is -0.497 e. The highest BCUT2D eigenvalue weighted by atomic mass is 16.5. The molecule has 2 N–H and O–H groups in total. The van der Waals surface area contributed by atoms with Crippen LogP contribution in [0.3, 0.4) is 0 Å². The topological polar surface area (TPSA) is 89.0 Å². The summed E-state index contributed by atoms with van der Waals surface area (Å²) >= 11 is 0. The van der Waals surface area contributed by atoms with Crippen LogP contribution in [0.15, 0.2) is 47.6 Å². The van der Waals surface area contributed by atoms with E-state index in [9.17, 15) is 9.59 Å². The number of ether oxygens (including phenoxy) is 2. The maximum Gasteiger partial charge on any atom is 0.271 e. The van der Waals surface area contributed by atoms with Crippen molar-refractivity contribution in [2.45, 2.75) is 13.3 Å².